The number of hydrogen-bond donors (Lipinski definition) is 3. The van der Waals surface area contributed by atoms with Crippen LogP contribution in [0.25, 0.3) is 0 Å². The van der Waals surface area contributed by atoms with Crippen molar-refractivity contribution in [3.05, 3.63) is 53.3 Å². The Morgan fingerprint density at radius 2 is 1.86 bits per heavy atom. The zero-order valence-electron chi connectivity index (χ0n) is 11.7. The Kier molecular flexibility index (Phi) is 4.18. The van der Waals surface area contributed by atoms with Gasteiger partial charge in [0, 0.05) is 24.6 Å². The molecule has 0 unspecified atom stereocenters. The normalized spacial score (nSPS) is 10.0. The molecule has 6 nitrogen and oxygen atoms in total. The summed E-state index contributed by atoms with van der Waals surface area (Å²) in [5.74, 6) is -1.26. The number of nitrogens with one attached hydrogen (secondary N) is 2. The van der Waals surface area contributed by atoms with Gasteiger partial charge in [-0.25, -0.2) is 4.79 Å². The molecule has 0 fully saturated rings. The third kappa shape index (κ3) is 3.36. The number of carbonyl (C=O) groups excluding carboxylic acids is 1. The number of carboxylic acid groups (broad SMARTS) is 1. The van der Waals surface area contributed by atoms with Crippen LogP contribution in [-0.2, 0) is 0 Å². The highest BCUT2D eigenvalue weighted by Crippen LogP contribution is 2.20. The number of aromatic carboxylic acids is 1. The van der Waals surface area contributed by atoms with E-state index in [2.05, 4.69) is 15.6 Å². The van der Waals surface area contributed by atoms with E-state index in [-0.39, 0.29) is 17.2 Å². The summed E-state index contributed by atoms with van der Waals surface area (Å²) in [4.78, 5) is 26.6. The Hall–Kier alpha value is -2.89. The van der Waals surface area contributed by atoms with Crippen LogP contribution in [0.1, 0.15) is 26.4 Å². The van der Waals surface area contributed by atoms with Crippen molar-refractivity contribution in [3.8, 4) is 0 Å². The molecule has 1 amide bonds. The van der Waals surface area contributed by atoms with Gasteiger partial charge in [-0.2, -0.15) is 0 Å². The van der Waals surface area contributed by atoms with Crippen molar-refractivity contribution in [1.29, 1.82) is 0 Å². The highest BCUT2D eigenvalue weighted by molar-refractivity contribution is 5.93. The highest BCUT2D eigenvalue weighted by atomic mass is 16.4. The van der Waals surface area contributed by atoms with E-state index < -0.39 is 5.97 Å². The van der Waals surface area contributed by atoms with Gasteiger partial charge < -0.3 is 15.7 Å². The van der Waals surface area contributed by atoms with Crippen LogP contribution in [-0.4, -0.2) is 29.0 Å². The van der Waals surface area contributed by atoms with Crippen molar-refractivity contribution in [2.24, 2.45) is 0 Å². The number of carbonyl (C=O) groups is 2. The van der Waals surface area contributed by atoms with Crippen molar-refractivity contribution in [2.45, 2.75) is 6.92 Å². The van der Waals surface area contributed by atoms with Gasteiger partial charge in [-0.05, 0) is 36.8 Å². The lowest BCUT2D eigenvalue weighted by Crippen LogP contribution is -2.19. The molecule has 108 valence electrons. The molecule has 1 aromatic heterocycles. The number of amides is 1. The quantitative estimate of drug-likeness (QED) is 0.801. The van der Waals surface area contributed by atoms with Crippen LogP contribution in [0.2, 0.25) is 0 Å². The first kappa shape index (κ1) is 14.5. The molecule has 0 saturated heterocycles. The summed E-state index contributed by atoms with van der Waals surface area (Å²) in [6.45, 7) is 1.74. The van der Waals surface area contributed by atoms with Crippen LogP contribution in [0, 0.1) is 6.92 Å². The van der Waals surface area contributed by atoms with Gasteiger partial charge in [0.2, 0.25) is 0 Å². The zero-order chi connectivity index (χ0) is 15.4. The summed E-state index contributed by atoms with van der Waals surface area (Å²) in [6.07, 6.45) is 1.51. The number of nitrogens with zero attached hydrogens (tertiary/aromatic N) is 1. The molecule has 0 atom stereocenters. The number of aromatic nitrogens is 1. The number of rotatable bonds is 4. The number of hydrogen-bond acceptors (Lipinski definition) is 4. The minimum absolute atomic E-state index is 0.237. The minimum atomic E-state index is -0.975. The van der Waals surface area contributed by atoms with Gasteiger partial charge in [-0.3, -0.25) is 9.78 Å². The molecule has 1 heterocycles. The van der Waals surface area contributed by atoms with E-state index in [0.717, 1.165) is 0 Å². The molecule has 2 aromatic rings. The first-order valence-corrected chi connectivity index (χ1v) is 6.30. The molecule has 1 aromatic carbocycles. The Morgan fingerprint density at radius 3 is 2.52 bits per heavy atom. The fourth-order valence-electron chi connectivity index (χ4n) is 1.86. The number of benzene rings is 1. The molecule has 2 rings (SSSR count). The molecule has 0 aliphatic carbocycles. The van der Waals surface area contributed by atoms with Gasteiger partial charge in [0.1, 0.15) is 5.69 Å². The third-order valence-corrected chi connectivity index (χ3v) is 2.98. The number of pyridine rings is 1. The fourth-order valence-corrected chi connectivity index (χ4v) is 1.86. The van der Waals surface area contributed by atoms with Crippen molar-refractivity contribution in [3.63, 3.8) is 0 Å². The lowest BCUT2D eigenvalue weighted by atomic mass is 10.1. The molecule has 0 spiro atoms. The van der Waals surface area contributed by atoms with Crippen LogP contribution < -0.4 is 10.6 Å². The van der Waals surface area contributed by atoms with E-state index in [9.17, 15) is 9.59 Å². The summed E-state index contributed by atoms with van der Waals surface area (Å²) in [5, 5.41) is 14.7. The number of aryl methyl sites for hydroxylation is 1. The summed E-state index contributed by atoms with van der Waals surface area (Å²) >= 11 is 0. The summed E-state index contributed by atoms with van der Waals surface area (Å²) < 4.78 is 0. The standard InChI is InChI=1S/C15H15N3O3/c1-9-3-4-10(7-12(9)15(20)21)18-11-5-6-17-13(8-11)14(19)16-2/h3-8H,1-2H3,(H,16,19)(H,17,18)(H,20,21). The van der Waals surface area contributed by atoms with Gasteiger partial charge in [0.05, 0.1) is 5.56 Å². The van der Waals surface area contributed by atoms with E-state index in [1.54, 1.807) is 37.3 Å². The second kappa shape index (κ2) is 6.04. The summed E-state index contributed by atoms with van der Waals surface area (Å²) in [7, 11) is 1.53. The Labute approximate surface area is 121 Å². The van der Waals surface area contributed by atoms with E-state index >= 15 is 0 Å². The second-order valence-electron chi connectivity index (χ2n) is 4.47. The Morgan fingerprint density at radius 1 is 1.14 bits per heavy atom. The maximum Gasteiger partial charge on any atom is 0.336 e. The van der Waals surface area contributed by atoms with Crippen molar-refractivity contribution in [1.82, 2.24) is 10.3 Å². The first-order chi connectivity index (χ1) is 10.0. The predicted molar refractivity (Wildman–Crippen MR) is 79.0 cm³/mol. The SMILES string of the molecule is CNC(=O)c1cc(Nc2ccc(C)c(C(=O)O)c2)ccn1. The van der Waals surface area contributed by atoms with E-state index in [1.807, 2.05) is 0 Å². The van der Waals surface area contributed by atoms with E-state index in [0.29, 0.717) is 16.9 Å². The smallest absolute Gasteiger partial charge is 0.336 e. The molecule has 3 N–H and O–H groups in total. The molecule has 0 aliphatic heterocycles. The van der Waals surface area contributed by atoms with Gasteiger partial charge in [-0.15, -0.1) is 0 Å². The Balaban J connectivity index is 2.28. The molecular weight excluding hydrogens is 270 g/mol. The van der Waals surface area contributed by atoms with E-state index in [1.165, 1.54) is 13.2 Å². The maximum absolute atomic E-state index is 11.5. The van der Waals surface area contributed by atoms with E-state index in [4.69, 9.17) is 5.11 Å². The highest BCUT2D eigenvalue weighted by Gasteiger charge is 2.09. The third-order valence-electron chi connectivity index (χ3n) is 2.98. The van der Waals surface area contributed by atoms with Crippen molar-refractivity contribution >= 4 is 23.3 Å². The molecule has 6 heteroatoms. The predicted octanol–water partition coefficient (Wildman–Crippen LogP) is 2.19. The van der Waals surface area contributed by atoms with Crippen molar-refractivity contribution < 1.29 is 14.7 Å². The average molecular weight is 285 g/mol. The largest absolute Gasteiger partial charge is 0.478 e. The topological polar surface area (TPSA) is 91.3 Å². The van der Waals surface area contributed by atoms with Crippen LogP contribution >= 0.6 is 0 Å². The monoisotopic (exact) mass is 285 g/mol. The maximum atomic E-state index is 11.5. The zero-order valence-corrected chi connectivity index (χ0v) is 11.7. The number of carboxylic acids is 1. The summed E-state index contributed by atoms with van der Waals surface area (Å²) in [6, 6.07) is 8.36. The first-order valence-electron chi connectivity index (χ1n) is 6.30. The van der Waals surface area contributed by atoms with Gasteiger partial charge >= 0.3 is 5.97 Å². The van der Waals surface area contributed by atoms with Crippen LogP contribution in [0.15, 0.2) is 36.5 Å². The minimum Gasteiger partial charge on any atom is -0.478 e. The molecular formula is C15H15N3O3. The van der Waals surface area contributed by atoms with Gasteiger partial charge in [-0.1, -0.05) is 6.07 Å². The molecule has 0 saturated carbocycles. The molecule has 0 bridgehead atoms. The molecule has 21 heavy (non-hydrogen) atoms. The second-order valence-corrected chi connectivity index (χ2v) is 4.47. The van der Waals surface area contributed by atoms with Crippen LogP contribution in [0.5, 0.6) is 0 Å². The molecule has 0 aliphatic rings. The fraction of sp³-hybridized carbons (Fsp3) is 0.133. The van der Waals surface area contributed by atoms with Gasteiger partial charge in [0.25, 0.3) is 5.91 Å². The van der Waals surface area contributed by atoms with Crippen molar-refractivity contribution in [2.75, 3.05) is 12.4 Å². The number of anilines is 2. The Bertz CT molecular complexity index is 698. The summed E-state index contributed by atoms with van der Waals surface area (Å²) in [5.41, 5.74) is 2.50. The lowest BCUT2D eigenvalue weighted by Gasteiger charge is -2.09. The van der Waals surface area contributed by atoms with Gasteiger partial charge in [0.15, 0.2) is 0 Å². The van der Waals surface area contributed by atoms with Crippen LogP contribution in [0.4, 0.5) is 11.4 Å². The molecule has 0 radical (unpaired) electrons. The average Bonchev–Trinajstić information content (AvgIpc) is 2.48. The lowest BCUT2D eigenvalue weighted by molar-refractivity contribution is 0.0696. The van der Waals surface area contributed by atoms with Crippen LogP contribution in [0.3, 0.4) is 0 Å².